The van der Waals surface area contributed by atoms with Gasteiger partial charge in [-0.05, 0) is 115 Å². The lowest BCUT2D eigenvalue weighted by Crippen LogP contribution is -2.42. The fraction of sp³-hybridized carbons (Fsp3) is 0.333. The highest BCUT2D eigenvalue weighted by molar-refractivity contribution is 6.35. The molecule has 3 aromatic heterocycles. The molecule has 0 saturated heterocycles. The van der Waals surface area contributed by atoms with Crippen LogP contribution in [0.15, 0.2) is 48.7 Å². The van der Waals surface area contributed by atoms with Crippen LogP contribution in [0.2, 0.25) is 10.0 Å². The van der Waals surface area contributed by atoms with Crippen LogP contribution in [0.4, 0.5) is 5.69 Å². The summed E-state index contributed by atoms with van der Waals surface area (Å²) in [5.74, 6) is 0.299. The number of hydrogen-bond acceptors (Lipinski definition) is 6. The first-order valence-corrected chi connectivity index (χ1v) is 18.8. The van der Waals surface area contributed by atoms with Crippen LogP contribution < -0.4 is 9.64 Å². The molecule has 1 aliphatic heterocycles. The highest BCUT2D eigenvalue weighted by atomic mass is 35.5. The Balaban J connectivity index is 1.38. The summed E-state index contributed by atoms with van der Waals surface area (Å²) < 4.78 is 10.3. The van der Waals surface area contributed by atoms with Gasteiger partial charge in [0.1, 0.15) is 17.3 Å². The number of fused-ring (bicyclic) bond motifs is 4. The van der Waals surface area contributed by atoms with Crippen LogP contribution in [0.1, 0.15) is 74.1 Å². The fourth-order valence-corrected chi connectivity index (χ4v) is 8.38. The molecule has 1 amide bonds. The summed E-state index contributed by atoms with van der Waals surface area (Å²) in [6.45, 7) is 11.4. The number of aromatic carboxylic acids is 1. The number of aromatic nitrogens is 4. The molecule has 0 radical (unpaired) electrons. The largest absolute Gasteiger partial charge is 0.494 e. The van der Waals surface area contributed by atoms with Gasteiger partial charge in [0.15, 0.2) is 0 Å². The number of amides is 1. The van der Waals surface area contributed by atoms with Gasteiger partial charge in [-0.3, -0.25) is 4.79 Å². The lowest BCUT2D eigenvalue weighted by Gasteiger charge is -2.34. The van der Waals surface area contributed by atoms with Gasteiger partial charge in [-0.25, -0.2) is 14.8 Å². The van der Waals surface area contributed by atoms with E-state index in [4.69, 9.17) is 37.9 Å². The van der Waals surface area contributed by atoms with Gasteiger partial charge in [0, 0.05) is 69.7 Å². The van der Waals surface area contributed by atoms with Crippen molar-refractivity contribution in [3.63, 3.8) is 0 Å². The summed E-state index contributed by atoms with van der Waals surface area (Å²) in [4.78, 5) is 40.7. The maximum Gasteiger partial charge on any atom is 0.335 e. The topological polar surface area (TPSA) is 106 Å². The minimum Gasteiger partial charge on any atom is -0.494 e. The van der Waals surface area contributed by atoms with Crippen molar-refractivity contribution in [2.45, 2.75) is 60.0 Å². The van der Waals surface area contributed by atoms with E-state index in [9.17, 15) is 9.90 Å². The van der Waals surface area contributed by atoms with Crippen molar-refractivity contribution in [1.29, 1.82) is 0 Å². The van der Waals surface area contributed by atoms with E-state index >= 15 is 4.79 Å². The summed E-state index contributed by atoms with van der Waals surface area (Å²) in [5, 5.41) is 12.7. The molecular formula is C42H44Cl2N6O4. The second-order valence-electron chi connectivity index (χ2n) is 14.7. The number of nitrogens with zero attached hydrogens (tertiary/aromatic N) is 6. The molecule has 1 aliphatic rings. The van der Waals surface area contributed by atoms with Crippen molar-refractivity contribution < 1.29 is 19.4 Å². The molecule has 0 aliphatic carbocycles. The molecule has 280 valence electrons. The van der Waals surface area contributed by atoms with E-state index in [0.29, 0.717) is 54.3 Å². The molecule has 7 rings (SSSR count). The lowest BCUT2D eigenvalue weighted by molar-refractivity contribution is 0.0696. The number of carboxylic acids is 1. The Kier molecular flexibility index (Phi) is 9.97. The Morgan fingerprint density at radius 2 is 1.67 bits per heavy atom. The smallest absolute Gasteiger partial charge is 0.335 e. The number of ether oxygens (including phenoxy) is 1. The molecule has 54 heavy (non-hydrogen) atoms. The highest BCUT2D eigenvalue weighted by Crippen LogP contribution is 2.45. The number of aryl methyl sites for hydroxylation is 6. The van der Waals surface area contributed by atoms with Crippen LogP contribution in [0.3, 0.4) is 0 Å². The minimum atomic E-state index is -1.02. The molecule has 0 spiro atoms. The Morgan fingerprint density at radius 1 is 0.981 bits per heavy atom. The van der Waals surface area contributed by atoms with E-state index in [0.717, 1.165) is 72.2 Å². The van der Waals surface area contributed by atoms with E-state index < -0.39 is 5.97 Å². The van der Waals surface area contributed by atoms with E-state index in [-0.39, 0.29) is 17.5 Å². The second-order valence-corrected chi connectivity index (χ2v) is 15.5. The monoisotopic (exact) mass is 766 g/mol. The standard InChI is InChI=1S/C42H44Cl2N6O4/c1-22-16-28(17-23(2)38(22)44)54-15-9-10-29-30-12-13-32(43)37(36-25(4)45-35(21-47(6)7)46-26(36)5)39(30)50-24(3)19-49(41(51)40(29)50)34-20-48(8)33-14-11-27(42(52)53)18-31(33)34/h11-14,16-18,20,24H,9-10,15,19,21H2,1-8H3,(H,52,53)/t24-/m1/s1. The summed E-state index contributed by atoms with van der Waals surface area (Å²) in [7, 11) is 5.88. The summed E-state index contributed by atoms with van der Waals surface area (Å²) >= 11 is 13.6. The number of halogens is 2. The van der Waals surface area contributed by atoms with Crippen LogP contribution in [0.5, 0.6) is 5.75 Å². The Hall–Kier alpha value is -4.90. The quantitative estimate of drug-likeness (QED) is 0.139. The number of anilines is 1. The summed E-state index contributed by atoms with van der Waals surface area (Å²) in [6.07, 6.45) is 3.11. The predicted molar refractivity (Wildman–Crippen MR) is 216 cm³/mol. The van der Waals surface area contributed by atoms with E-state index in [1.165, 1.54) is 0 Å². The molecule has 0 unspecified atom stereocenters. The van der Waals surface area contributed by atoms with Gasteiger partial charge in [-0.2, -0.15) is 0 Å². The van der Waals surface area contributed by atoms with Gasteiger partial charge in [0.05, 0.1) is 34.9 Å². The highest BCUT2D eigenvalue weighted by Gasteiger charge is 2.37. The molecule has 1 N–H and O–H groups in total. The van der Waals surface area contributed by atoms with Crippen molar-refractivity contribution in [2.75, 3.05) is 32.1 Å². The van der Waals surface area contributed by atoms with Crippen molar-refractivity contribution in [3.8, 4) is 16.9 Å². The van der Waals surface area contributed by atoms with Gasteiger partial charge in [0.25, 0.3) is 5.91 Å². The SMILES string of the molecule is Cc1cc(OCCCc2c3n(c4c(-c5c(C)nc(CN(C)C)nc5C)c(Cl)ccc24)[C@H](C)CN(c2cn(C)c4ccc(C(=O)O)cc24)C3=O)cc(C)c1Cl. The average Bonchev–Trinajstić information content (AvgIpc) is 3.62. The molecule has 0 bridgehead atoms. The third-order valence-corrected chi connectivity index (χ3v) is 11.2. The maximum absolute atomic E-state index is 15.1. The van der Waals surface area contributed by atoms with Crippen LogP contribution >= 0.6 is 23.2 Å². The molecule has 0 saturated carbocycles. The Morgan fingerprint density at radius 3 is 2.31 bits per heavy atom. The zero-order chi connectivity index (χ0) is 38.7. The first-order valence-electron chi connectivity index (χ1n) is 18.0. The molecular weight excluding hydrogens is 723 g/mol. The Labute approximate surface area is 324 Å². The third kappa shape index (κ3) is 6.50. The number of carbonyl (C=O) groups is 2. The van der Waals surface area contributed by atoms with Crippen LogP contribution in [0, 0.1) is 27.7 Å². The van der Waals surface area contributed by atoms with Crippen LogP contribution in [0.25, 0.3) is 32.9 Å². The fourth-order valence-electron chi connectivity index (χ4n) is 8.02. The molecule has 1 atom stereocenters. The third-order valence-electron chi connectivity index (χ3n) is 10.3. The van der Waals surface area contributed by atoms with Crippen molar-refractivity contribution in [1.82, 2.24) is 24.0 Å². The minimum absolute atomic E-state index is 0.162. The number of carboxylic acid groups (broad SMARTS) is 1. The van der Waals surface area contributed by atoms with Gasteiger partial charge in [-0.15, -0.1) is 0 Å². The van der Waals surface area contributed by atoms with Crippen molar-refractivity contribution in [2.24, 2.45) is 7.05 Å². The molecule has 3 aromatic carbocycles. The van der Waals surface area contributed by atoms with Gasteiger partial charge in [0.2, 0.25) is 0 Å². The van der Waals surface area contributed by atoms with E-state index in [1.807, 2.05) is 88.8 Å². The first kappa shape index (κ1) is 37.4. The van der Waals surface area contributed by atoms with E-state index in [2.05, 4.69) is 11.5 Å². The summed E-state index contributed by atoms with van der Waals surface area (Å²) in [6, 6.07) is 12.7. The van der Waals surface area contributed by atoms with Crippen molar-refractivity contribution in [3.05, 3.63) is 104 Å². The van der Waals surface area contributed by atoms with Gasteiger partial charge in [-0.1, -0.05) is 29.3 Å². The van der Waals surface area contributed by atoms with Gasteiger partial charge >= 0.3 is 5.97 Å². The van der Waals surface area contributed by atoms with Crippen LogP contribution in [-0.4, -0.2) is 68.2 Å². The molecule has 6 aromatic rings. The van der Waals surface area contributed by atoms with E-state index in [1.54, 1.807) is 23.1 Å². The summed E-state index contributed by atoms with van der Waals surface area (Å²) in [5.41, 5.74) is 9.23. The number of carbonyl (C=O) groups excluding carboxylic acids is 1. The zero-order valence-electron chi connectivity index (χ0n) is 31.8. The first-order chi connectivity index (χ1) is 25.7. The molecule has 10 nitrogen and oxygen atoms in total. The zero-order valence-corrected chi connectivity index (χ0v) is 33.4. The van der Waals surface area contributed by atoms with Crippen LogP contribution in [-0.2, 0) is 20.0 Å². The Bertz CT molecular complexity index is 2450. The van der Waals surface area contributed by atoms with Gasteiger partial charge < -0.3 is 28.8 Å². The average molecular weight is 768 g/mol. The molecule has 0 fully saturated rings. The molecule has 12 heteroatoms. The lowest BCUT2D eigenvalue weighted by atomic mass is 9.97. The maximum atomic E-state index is 15.1. The normalized spacial score (nSPS) is 14.5. The van der Waals surface area contributed by atoms with Crippen molar-refractivity contribution >= 4 is 62.6 Å². The molecule has 4 heterocycles. The predicted octanol–water partition coefficient (Wildman–Crippen LogP) is 9.12. The number of hydrogen-bond donors (Lipinski definition) is 1. The second kappa shape index (κ2) is 14.4. The number of rotatable bonds is 10. The number of benzene rings is 3.